The van der Waals surface area contributed by atoms with Crippen molar-refractivity contribution in [2.24, 2.45) is 0 Å². The molecule has 9 heteroatoms. The van der Waals surface area contributed by atoms with Gasteiger partial charge in [-0.15, -0.1) is 0 Å². The van der Waals surface area contributed by atoms with Gasteiger partial charge in [-0.05, 0) is 31.7 Å². The van der Waals surface area contributed by atoms with E-state index < -0.39 is 24.9 Å². The Labute approximate surface area is 148 Å². The molecular weight excluding hydrogens is 347 g/mol. The molecule has 0 unspecified atom stereocenters. The molecule has 26 heavy (non-hydrogen) atoms. The second kappa shape index (κ2) is 7.84. The topological polar surface area (TPSA) is 72.7 Å². The van der Waals surface area contributed by atoms with Crippen LogP contribution in [0.25, 0.3) is 11.3 Å². The minimum atomic E-state index is -4.30. The van der Waals surface area contributed by atoms with Crippen LogP contribution in [0.3, 0.4) is 0 Å². The van der Waals surface area contributed by atoms with Gasteiger partial charge in [-0.2, -0.15) is 18.3 Å². The quantitative estimate of drug-likeness (QED) is 0.880. The van der Waals surface area contributed by atoms with Crippen LogP contribution in [0.4, 0.5) is 13.2 Å². The molecule has 0 saturated heterocycles. The Morgan fingerprint density at radius 1 is 1.27 bits per heavy atom. The zero-order chi connectivity index (χ0) is 18.6. The van der Waals surface area contributed by atoms with E-state index >= 15 is 0 Å². The smallest absolute Gasteiger partial charge is 0.353 e. The number of hydrogen-bond donors (Lipinski definition) is 1. The molecule has 1 saturated carbocycles. The summed E-state index contributed by atoms with van der Waals surface area (Å²) in [5, 5.41) is 7.11. The summed E-state index contributed by atoms with van der Waals surface area (Å²) in [4.78, 5) is 19.7. The number of carbonyl (C=O) groups is 1. The molecule has 1 aliphatic carbocycles. The van der Waals surface area contributed by atoms with Crippen LogP contribution in [0.15, 0.2) is 31.0 Å². The molecule has 2 aromatic rings. The number of rotatable bonds is 5. The van der Waals surface area contributed by atoms with E-state index in [2.05, 4.69) is 20.4 Å². The maximum Gasteiger partial charge on any atom is 0.389 e. The third kappa shape index (κ3) is 5.03. The van der Waals surface area contributed by atoms with Crippen LogP contribution in [0.1, 0.15) is 44.6 Å². The van der Waals surface area contributed by atoms with E-state index in [1.807, 2.05) is 16.9 Å². The molecule has 1 N–H and O–H groups in total. The van der Waals surface area contributed by atoms with E-state index in [4.69, 9.17) is 0 Å². The van der Waals surface area contributed by atoms with Gasteiger partial charge in [0.2, 0.25) is 5.91 Å². The van der Waals surface area contributed by atoms with Crippen LogP contribution in [0, 0.1) is 0 Å². The second-order valence-corrected chi connectivity index (χ2v) is 6.49. The van der Waals surface area contributed by atoms with Gasteiger partial charge in [-0.3, -0.25) is 9.48 Å². The average molecular weight is 367 g/mol. The Morgan fingerprint density at radius 2 is 2.04 bits per heavy atom. The number of carbonyl (C=O) groups excluding carboxylic acids is 1. The minimum absolute atomic E-state index is 0.0659. The average Bonchev–Trinajstić information content (AvgIpc) is 3.11. The highest BCUT2D eigenvalue weighted by Crippen LogP contribution is 2.29. The molecule has 0 aliphatic heterocycles. The molecule has 0 aromatic carbocycles. The molecule has 1 aliphatic rings. The Morgan fingerprint density at radius 3 is 2.69 bits per heavy atom. The van der Waals surface area contributed by atoms with Crippen LogP contribution in [-0.2, 0) is 4.79 Å². The van der Waals surface area contributed by atoms with Crippen LogP contribution >= 0.6 is 0 Å². The van der Waals surface area contributed by atoms with Crippen molar-refractivity contribution >= 4 is 5.91 Å². The van der Waals surface area contributed by atoms with Crippen LogP contribution < -0.4 is 5.32 Å². The van der Waals surface area contributed by atoms with Gasteiger partial charge in [0.05, 0.1) is 24.4 Å². The first-order valence-corrected chi connectivity index (χ1v) is 8.57. The second-order valence-electron chi connectivity index (χ2n) is 6.49. The molecule has 0 bridgehead atoms. The Hall–Kier alpha value is -2.45. The summed E-state index contributed by atoms with van der Waals surface area (Å²) in [5.41, 5.74) is 1.71. The van der Waals surface area contributed by atoms with Crippen molar-refractivity contribution in [3.8, 4) is 11.3 Å². The first kappa shape index (κ1) is 18.3. The Kier molecular flexibility index (Phi) is 5.53. The molecule has 0 radical (unpaired) electrons. The van der Waals surface area contributed by atoms with Crippen molar-refractivity contribution < 1.29 is 18.0 Å². The van der Waals surface area contributed by atoms with E-state index in [1.165, 1.54) is 6.33 Å². The molecule has 6 nitrogen and oxygen atoms in total. The van der Waals surface area contributed by atoms with Gasteiger partial charge in [0.15, 0.2) is 0 Å². The molecule has 1 fully saturated rings. The van der Waals surface area contributed by atoms with Crippen molar-refractivity contribution in [1.82, 2.24) is 25.1 Å². The third-order valence-electron chi connectivity index (χ3n) is 4.55. The van der Waals surface area contributed by atoms with Gasteiger partial charge < -0.3 is 5.32 Å². The van der Waals surface area contributed by atoms with Crippen molar-refractivity contribution in [3.05, 3.63) is 31.0 Å². The van der Waals surface area contributed by atoms with E-state index in [-0.39, 0.29) is 12.1 Å². The molecule has 2 aromatic heterocycles. The lowest BCUT2D eigenvalue weighted by Crippen LogP contribution is -2.38. The van der Waals surface area contributed by atoms with Crippen LogP contribution in [0.2, 0.25) is 0 Å². The maximum absolute atomic E-state index is 12.2. The van der Waals surface area contributed by atoms with Crippen molar-refractivity contribution in [2.45, 2.75) is 56.8 Å². The fourth-order valence-corrected chi connectivity index (χ4v) is 3.17. The van der Waals surface area contributed by atoms with E-state index in [9.17, 15) is 18.0 Å². The number of nitrogens with zero attached hydrogens (tertiary/aromatic N) is 4. The first-order valence-electron chi connectivity index (χ1n) is 8.57. The maximum atomic E-state index is 12.2. The molecule has 3 rings (SSSR count). The van der Waals surface area contributed by atoms with Gasteiger partial charge >= 0.3 is 6.18 Å². The van der Waals surface area contributed by atoms with Crippen molar-refractivity contribution in [3.63, 3.8) is 0 Å². The zero-order valence-corrected chi connectivity index (χ0v) is 14.1. The normalized spacial score (nSPS) is 20.7. The molecule has 1 amide bonds. The Bertz CT molecular complexity index is 723. The summed E-state index contributed by atoms with van der Waals surface area (Å²) < 4.78 is 38.4. The standard InChI is InChI=1S/C17H20F3N5O/c18-17(19,20)7-5-16(26)24-13-1-3-14(4-2-13)25-10-12(9-23-25)15-6-8-21-11-22-15/h6,8-11,13-14H,1-5,7H2,(H,24,26). The van der Waals surface area contributed by atoms with Crippen LogP contribution in [0.5, 0.6) is 0 Å². The summed E-state index contributed by atoms with van der Waals surface area (Å²) in [5.74, 6) is -0.532. The fraction of sp³-hybridized carbons (Fsp3) is 0.529. The molecule has 0 spiro atoms. The SMILES string of the molecule is O=C(CCC(F)(F)F)NC1CCC(n2cc(-c3ccncn3)cn2)CC1. The highest BCUT2D eigenvalue weighted by Gasteiger charge is 2.29. The highest BCUT2D eigenvalue weighted by molar-refractivity contribution is 5.76. The predicted octanol–water partition coefficient (Wildman–Crippen LogP) is 3.28. The number of alkyl halides is 3. The number of aromatic nitrogens is 4. The molecule has 0 atom stereocenters. The predicted molar refractivity (Wildman–Crippen MR) is 88.0 cm³/mol. The lowest BCUT2D eigenvalue weighted by Gasteiger charge is -2.29. The summed E-state index contributed by atoms with van der Waals surface area (Å²) in [7, 11) is 0. The summed E-state index contributed by atoms with van der Waals surface area (Å²) in [6.45, 7) is 0. The number of nitrogens with one attached hydrogen (secondary N) is 1. The van der Waals surface area contributed by atoms with Crippen LogP contribution in [-0.4, -0.2) is 37.9 Å². The first-order chi connectivity index (χ1) is 12.4. The van der Waals surface area contributed by atoms with Gasteiger partial charge in [-0.1, -0.05) is 0 Å². The fourth-order valence-electron chi connectivity index (χ4n) is 3.17. The van der Waals surface area contributed by atoms with E-state index in [1.54, 1.807) is 12.4 Å². The molecular formula is C17H20F3N5O. The summed E-state index contributed by atoms with van der Waals surface area (Å²) in [6, 6.07) is 1.96. The van der Waals surface area contributed by atoms with Gasteiger partial charge in [0.25, 0.3) is 0 Å². The van der Waals surface area contributed by atoms with Gasteiger partial charge in [0, 0.05) is 30.4 Å². The number of hydrogen-bond acceptors (Lipinski definition) is 4. The highest BCUT2D eigenvalue weighted by atomic mass is 19.4. The number of halogens is 3. The Balaban J connectivity index is 1.48. The summed E-state index contributed by atoms with van der Waals surface area (Å²) in [6.07, 6.45) is 4.06. The van der Waals surface area contributed by atoms with E-state index in [0.717, 1.165) is 36.9 Å². The zero-order valence-electron chi connectivity index (χ0n) is 14.1. The number of amides is 1. The molecule has 140 valence electrons. The lowest BCUT2D eigenvalue weighted by atomic mass is 9.91. The third-order valence-corrected chi connectivity index (χ3v) is 4.55. The largest absolute Gasteiger partial charge is 0.389 e. The van der Waals surface area contributed by atoms with Crippen molar-refractivity contribution in [1.29, 1.82) is 0 Å². The van der Waals surface area contributed by atoms with Crippen molar-refractivity contribution in [2.75, 3.05) is 0 Å². The monoisotopic (exact) mass is 367 g/mol. The van der Waals surface area contributed by atoms with Gasteiger partial charge in [0.1, 0.15) is 6.33 Å². The lowest BCUT2D eigenvalue weighted by molar-refractivity contribution is -0.144. The van der Waals surface area contributed by atoms with E-state index in [0.29, 0.717) is 0 Å². The summed E-state index contributed by atoms with van der Waals surface area (Å²) >= 11 is 0. The van der Waals surface area contributed by atoms with Gasteiger partial charge in [-0.25, -0.2) is 9.97 Å². The molecule has 2 heterocycles. The minimum Gasteiger partial charge on any atom is -0.353 e.